The van der Waals surface area contributed by atoms with Gasteiger partial charge in [-0.1, -0.05) is 79.4 Å². The highest BCUT2D eigenvalue weighted by molar-refractivity contribution is 5.76. The Morgan fingerprint density at radius 3 is 1.94 bits per heavy atom. The van der Waals surface area contributed by atoms with Crippen molar-refractivity contribution in [2.24, 2.45) is 0 Å². The van der Waals surface area contributed by atoms with E-state index in [1.165, 1.54) is 12.1 Å². The molecule has 0 saturated carbocycles. The van der Waals surface area contributed by atoms with Crippen molar-refractivity contribution >= 4 is 5.57 Å². The van der Waals surface area contributed by atoms with Crippen LogP contribution >= 0.6 is 0 Å². The Kier molecular flexibility index (Phi) is 6.33. The average molecular weight is 412 g/mol. The minimum atomic E-state index is -0.306. The number of rotatable bonds is 8. The molecule has 0 aliphatic rings. The number of aromatic nitrogens is 2. The summed E-state index contributed by atoms with van der Waals surface area (Å²) in [5.74, 6) is 0.461. The summed E-state index contributed by atoms with van der Waals surface area (Å²) >= 11 is 0. The minimum Gasteiger partial charge on any atom is -0.483 e. The third-order valence-electron chi connectivity index (χ3n) is 4.68. The van der Waals surface area contributed by atoms with Gasteiger partial charge in [0.15, 0.2) is 5.75 Å². The van der Waals surface area contributed by atoms with E-state index in [9.17, 15) is 4.39 Å². The van der Waals surface area contributed by atoms with Gasteiger partial charge < -0.3 is 9.47 Å². The van der Waals surface area contributed by atoms with E-state index in [4.69, 9.17) is 9.47 Å². The van der Waals surface area contributed by atoms with Crippen molar-refractivity contribution < 1.29 is 13.9 Å². The molecule has 5 heteroatoms. The first-order valence-corrected chi connectivity index (χ1v) is 9.85. The molecule has 154 valence electrons. The van der Waals surface area contributed by atoms with Crippen LogP contribution in [0.15, 0.2) is 97.6 Å². The van der Waals surface area contributed by atoms with Gasteiger partial charge in [-0.2, -0.15) is 0 Å². The van der Waals surface area contributed by atoms with Crippen LogP contribution < -0.4 is 9.47 Å². The summed E-state index contributed by atoms with van der Waals surface area (Å²) in [4.78, 5) is 0. The zero-order valence-corrected chi connectivity index (χ0v) is 16.9. The van der Waals surface area contributed by atoms with Gasteiger partial charge in [0.1, 0.15) is 19.0 Å². The van der Waals surface area contributed by atoms with Crippen molar-refractivity contribution in [2.45, 2.75) is 13.2 Å². The smallest absolute Gasteiger partial charge is 0.276 e. The summed E-state index contributed by atoms with van der Waals surface area (Å²) in [5.41, 5.74) is 3.93. The zero-order chi connectivity index (χ0) is 21.5. The number of ether oxygens (including phenoxy) is 2. The van der Waals surface area contributed by atoms with Gasteiger partial charge >= 0.3 is 0 Å². The van der Waals surface area contributed by atoms with Gasteiger partial charge in [0.25, 0.3) is 5.88 Å². The molecule has 0 fully saturated rings. The van der Waals surface area contributed by atoms with Crippen molar-refractivity contribution in [1.82, 2.24) is 10.2 Å². The maximum atomic E-state index is 13.3. The van der Waals surface area contributed by atoms with Gasteiger partial charge in [0, 0.05) is 11.6 Å². The summed E-state index contributed by atoms with van der Waals surface area (Å²) in [5, 5.41) is 8.50. The van der Waals surface area contributed by atoms with E-state index in [1.54, 1.807) is 18.2 Å². The van der Waals surface area contributed by atoms with Crippen LogP contribution in [0, 0.1) is 5.82 Å². The molecule has 0 spiro atoms. The van der Waals surface area contributed by atoms with Crippen LogP contribution in [0.3, 0.4) is 0 Å². The molecule has 1 aromatic heterocycles. The topological polar surface area (TPSA) is 44.2 Å². The van der Waals surface area contributed by atoms with Crippen molar-refractivity contribution in [1.29, 1.82) is 0 Å². The molecule has 0 N–H and O–H groups in total. The molecule has 4 rings (SSSR count). The van der Waals surface area contributed by atoms with E-state index in [0.29, 0.717) is 36.1 Å². The van der Waals surface area contributed by atoms with Crippen LogP contribution in [0.5, 0.6) is 11.6 Å². The summed E-state index contributed by atoms with van der Waals surface area (Å²) in [6, 6.07) is 27.5. The largest absolute Gasteiger partial charge is 0.483 e. The lowest BCUT2D eigenvalue weighted by molar-refractivity contribution is 0.244. The van der Waals surface area contributed by atoms with E-state index in [1.807, 2.05) is 60.7 Å². The van der Waals surface area contributed by atoms with Crippen molar-refractivity contribution in [3.8, 4) is 11.6 Å². The molecule has 0 aliphatic heterocycles. The van der Waals surface area contributed by atoms with Gasteiger partial charge in [0.05, 0.1) is 5.69 Å². The molecule has 0 atom stereocenters. The van der Waals surface area contributed by atoms with E-state index >= 15 is 0 Å². The van der Waals surface area contributed by atoms with Crippen LogP contribution in [0.25, 0.3) is 5.57 Å². The fraction of sp³-hybridized carbons (Fsp3) is 0.0769. The van der Waals surface area contributed by atoms with Gasteiger partial charge in [-0.05, 0) is 28.8 Å². The fourth-order valence-corrected chi connectivity index (χ4v) is 2.97. The van der Waals surface area contributed by atoms with Gasteiger partial charge in [-0.3, -0.25) is 0 Å². The summed E-state index contributed by atoms with van der Waals surface area (Å²) in [6.07, 6.45) is 0. The minimum absolute atomic E-state index is 0.301. The highest BCUT2D eigenvalue weighted by Crippen LogP contribution is 2.30. The van der Waals surface area contributed by atoms with Crippen molar-refractivity contribution in [3.05, 3.63) is 126 Å². The predicted molar refractivity (Wildman–Crippen MR) is 118 cm³/mol. The summed E-state index contributed by atoms with van der Waals surface area (Å²) in [6.45, 7) is 4.79. The summed E-state index contributed by atoms with van der Waals surface area (Å²) < 4.78 is 25.2. The molecule has 4 nitrogen and oxygen atoms in total. The van der Waals surface area contributed by atoms with Crippen LogP contribution in [0.1, 0.15) is 22.4 Å². The average Bonchev–Trinajstić information content (AvgIpc) is 2.83. The first kappa shape index (κ1) is 20.3. The summed E-state index contributed by atoms with van der Waals surface area (Å²) in [7, 11) is 0. The third kappa shape index (κ3) is 5.34. The molecule has 3 aromatic carbocycles. The zero-order valence-electron chi connectivity index (χ0n) is 16.9. The molecule has 4 aromatic rings. The van der Waals surface area contributed by atoms with Gasteiger partial charge in [-0.25, -0.2) is 4.39 Å². The number of hydrogen-bond donors (Lipinski definition) is 0. The van der Waals surface area contributed by atoms with E-state index in [2.05, 4.69) is 16.8 Å². The molecular formula is C26H21FN2O2. The Balaban J connectivity index is 1.58. The third-order valence-corrected chi connectivity index (χ3v) is 4.68. The first-order chi connectivity index (χ1) is 15.2. The maximum Gasteiger partial charge on any atom is 0.276 e. The number of hydrogen-bond acceptors (Lipinski definition) is 4. The van der Waals surface area contributed by atoms with Crippen molar-refractivity contribution in [2.75, 3.05) is 0 Å². The fourth-order valence-electron chi connectivity index (χ4n) is 2.97. The van der Waals surface area contributed by atoms with Crippen LogP contribution in [0.4, 0.5) is 4.39 Å². The maximum absolute atomic E-state index is 13.3. The highest BCUT2D eigenvalue weighted by Gasteiger charge is 2.14. The second kappa shape index (κ2) is 9.67. The van der Waals surface area contributed by atoms with Crippen LogP contribution in [-0.2, 0) is 13.2 Å². The van der Waals surface area contributed by atoms with Gasteiger partial charge in [-0.15, -0.1) is 10.2 Å². The van der Waals surface area contributed by atoms with Crippen LogP contribution in [-0.4, -0.2) is 10.2 Å². The Morgan fingerprint density at radius 1 is 0.742 bits per heavy atom. The second-order valence-electron chi connectivity index (χ2n) is 6.93. The number of benzene rings is 3. The lowest BCUT2D eigenvalue weighted by Gasteiger charge is -2.13. The second-order valence-corrected chi connectivity index (χ2v) is 6.93. The molecule has 0 saturated heterocycles. The molecular weight excluding hydrogens is 391 g/mol. The lowest BCUT2D eigenvalue weighted by atomic mass is 10.0. The van der Waals surface area contributed by atoms with Gasteiger partial charge in [0.2, 0.25) is 0 Å². The van der Waals surface area contributed by atoms with E-state index in [-0.39, 0.29) is 5.82 Å². The molecule has 31 heavy (non-hydrogen) atoms. The Labute approximate surface area is 180 Å². The molecule has 0 amide bonds. The molecule has 0 aliphatic carbocycles. The van der Waals surface area contributed by atoms with E-state index in [0.717, 1.165) is 16.7 Å². The van der Waals surface area contributed by atoms with Crippen molar-refractivity contribution in [3.63, 3.8) is 0 Å². The highest BCUT2D eigenvalue weighted by atomic mass is 19.1. The molecule has 0 bridgehead atoms. The first-order valence-electron chi connectivity index (χ1n) is 9.85. The Bertz CT molecular complexity index is 1150. The van der Waals surface area contributed by atoms with Crippen LogP contribution in [0.2, 0.25) is 0 Å². The number of halogens is 1. The predicted octanol–water partition coefficient (Wildman–Crippen LogP) is 5.84. The molecule has 0 unspecified atom stereocenters. The standard InChI is InChI=1S/C26H21FN2O2/c1-19(22-12-14-23(27)15-13-22)24-16-25(30-17-20-8-4-2-5-9-20)26(29-28-24)31-18-21-10-6-3-7-11-21/h2-16H,1,17-18H2. The Hall–Kier alpha value is -3.99. The molecule has 0 radical (unpaired) electrons. The SMILES string of the molecule is C=C(c1ccc(F)cc1)c1cc(OCc2ccccc2)c(OCc2ccccc2)nn1. The normalized spacial score (nSPS) is 10.5. The molecule has 1 heterocycles. The monoisotopic (exact) mass is 412 g/mol. The Morgan fingerprint density at radius 2 is 1.32 bits per heavy atom. The van der Waals surface area contributed by atoms with E-state index < -0.39 is 0 Å². The lowest BCUT2D eigenvalue weighted by Crippen LogP contribution is -2.05. The quantitative estimate of drug-likeness (QED) is 0.365. The number of nitrogens with zero attached hydrogens (tertiary/aromatic N) is 2.